The molecule has 3 aromatic heterocycles. The van der Waals surface area contributed by atoms with E-state index in [1.807, 2.05) is 25.8 Å². The van der Waals surface area contributed by atoms with Crippen molar-refractivity contribution in [3.05, 3.63) is 39.8 Å². The first kappa shape index (κ1) is 25.5. The molecular weight excluding hydrogens is 472 g/mol. The standard InChI is InChI=1S/C17H19BrN8.C3H8O.C2H6/c1-9-5-12-13(6-10(9)2)22-14(21-12)8-25(4)17-24-16(19-3)23-15-11(18)7-20-26(15)17;1-3(2)4;1-2/h5-7H,8H2,1-4H3,(H,19,23)(H,21,22);3-4H,1-2H3;1-2H3. The maximum Gasteiger partial charge on any atom is 0.232 e. The molecule has 0 unspecified atom stereocenters. The quantitative estimate of drug-likeness (QED) is 0.376. The van der Waals surface area contributed by atoms with Crippen LogP contribution in [-0.2, 0) is 6.54 Å². The number of imidazole rings is 1. The molecule has 9 nitrogen and oxygen atoms in total. The van der Waals surface area contributed by atoms with E-state index < -0.39 is 0 Å². The van der Waals surface area contributed by atoms with Crippen molar-refractivity contribution >= 4 is 44.5 Å². The Balaban J connectivity index is 0.000000547. The minimum Gasteiger partial charge on any atom is -0.394 e. The number of rotatable bonds is 4. The molecule has 0 radical (unpaired) electrons. The summed E-state index contributed by atoms with van der Waals surface area (Å²) >= 11 is 3.48. The van der Waals surface area contributed by atoms with Crippen molar-refractivity contribution in [3.8, 4) is 0 Å². The van der Waals surface area contributed by atoms with E-state index in [9.17, 15) is 0 Å². The van der Waals surface area contributed by atoms with E-state index in [1.54, 1.807) is 31.6 Å². The second kappa shape index (κ2) is 11.2. The molecule has 0 saturated heterocycles. The maximum absolute atomic E-state index is 8.06. The van der Waals surface area contributed by atoms with Crippen LogP contribution in [0.4, 0.5) is 11.9 Å². The van der Waals surface area contributed by atoms with Gasteiger partial charge < -0.3 is 20.3 Å². The highest BCUT2D eigenvalue weighted by atomic mass is 79.9. The van der Waals surface area contributed by atoms with Gasteiger partial charge in [-0.25, -0.2) is 4.98 Å². The van der Waals surface area contributed by atoms with Gasteiger partial charge in [0, 0.05) is 20.2 Å². The molecule has 0 saturated carbocycles. The topological polar surface area (TPSA) is 107 Å². The Morgan fingerprint density at radius 3 is 2.41 bits per heavy atom. The molecule has 10 heteroatoms. The molecule has 32 heavy (non-hydrogen) atoms. The number of hydrogen-bond acceptors (Lipinski definition) is 7. The van der Waals surface area contributed by atoms with Crippen molar-refractivity contribution in [2.24, 2.45) is 0 Å². The minimum absolute atomic E-state index is 0.167. The largest absolute Gasteiger partial charge is 0.394 e. The van der Waals surface area contributed by atoms with Gasteiger partial charge in [-0.3, -0.25) is 0 Å². The first-order chi connectivity index (χ1) is 15.2. The number of hydrogen-bond donors (Lipinski definition) is 3. The molecule has 0 aliphatic rings. The third kappa shape index (κ3) is 5.95. The third-order valence-corrected chi connectivity index (χ3v) is 4.97. The number of anilines is 2. The molecule has 3 heterocycles. The summed E-state index contributed by atoms with van der Waals surface area (Å²) in [5.41, 5.74) is 5.21. The van der Waals surface area contributed by atoms with Crippen LogP contribution in [0.3, 0.4) is 0 Å². The summed E-state index contributed by atoms with van der Waals surface area (Å²) in [6.07, 6.45) is 1.55. The molecular formula is C22H33BrN8O. The Bertz CT molecular complexity index is 1130. The average molecular weight is 505 g/mol. The van der Waals surface area contributed by atoms with Crippen molar-refractivity contribution in [1.29, 1.82) is 0 Å². The lowest BCUT2D eigenvalue weighted by atomic mass is 10.1. The number of halogens is 1. The zero-order chi connectivity index (χ0) is 24.0. The maximum atomic E-state index is 8.06. The van der Waals surface area contributed by atoms with Crippen molar-refractivity contribution in [3.63, 3.8) is 0 Å². The summed E-state index contributed by atoms with van der Waals surface area (Å²) in [5, 5.41) is 15.4. The van der Waals surface area contributed by atoms with Gasteiger partial charge in [-0.2, -0.15) is 19.6 Å². The monoisotopic (exact) mass is 504 g/mol. The molecule has 0 atom stereocenters. The van der Waals surface area contributed by atoms with Crippen LogP contribution in [-0.4, -0.2) is 54.9 Å². The van der Waals surface area contributed by atoms with Gasteiger partial charge in [0.2, 0.25) is 11.9 Å². The SMILES string of the molecule is CC.CC(C)O.CNc1nc(N(C)Cc2nc3cc(C)c(C)cc3[nH]2)n2ncc(Br)c2n1. The van der Waals surface area contributed by atoms with Gasteiger partial charge in [0.25, 0.3) is 0 Å². The zero-order valence-corrected chi connectivity index (χ0v) is 21.6. The molecule has 0 aliphatic heterocycles. The molecule has 0 aliphatic carbocycles. The zero-order valence-electron chi connectivity index (χ0n) is 20.0. The van der Waals surface area contributed by atoms with Gasteiger partial charge in [-0.15, -0.1) is 0 Å². The van der Waals surface area contributed by atoms with E-state index in [4.69, 9.17) is 10.1 Å². The summed E-state index contributed by atoms with van der Waals surface area (Å²) in [6, 6.07) is 4.24. The summed E-state index contributed by atoms with van der Waals surface area (Å²) in [7, 11) is 3.75. The fourth-order valence-corrected chi connectivity index (χ4v) is 3.24. The van der Waals surface area contributed by atoms with Gasteiger partial charge in [0.15, 0.2) is 5.65 Å². The Hall–Kier alpha value is -2.72. The van der Waals surface area contributed by atoms with Crippen LogP contribution in [0.5, 0.6) is 0 Å². The minimum atomic E-state index is -0.167. The first-order valence-electron chi connectivity index (χ1n) is 10.6. The van der Waals surface area contributed by atoms with Crippen LogP contribution in [0.2, 0.25) is 0 Å². The summed E-state index contributed by atoms with van der Waals surface area (Å²) in [4.78, 5) is 19.1. The van der Waals surface area contributed by atoms with E-state index in [2.05, 4.69) is 67.3 Å². The number of H-pyrrole nitrogens is 1. The van der Waals surface area contributed by atoms with Gasteiger partial charge in [-0.1, -0.05) is 13.8 Å². The summed E-state index contributed by atoms with van der Waals surface area (Å²) < 4.78 is 2.53. The molecule has 4 rings (SSSR count). The molecule has 1 aromatic carbocycles. The average Bonchev–Trinajstić information content (AvgIpc) is 3.31. The highest BCUT2D eigenvalue weighted by Crippen LogP contribution is 2.23. The van der Waals surface area contributed by atoms with Crippen LogP contribution in [0.25, 0.3) is 16.7 Å². The van der Waals surface area contributed by atoms with Crippen LogP contribution < -0.4 is 10.2 Å². The number of aryl methyl sites for hydroxylation is 2. The summed E-state index contributed by atoms with van der Waals surface area (Å²) in [5.74, 6) is 2.09. The fourth-order valence-electron chi connectivity index (χ4n) is 2.89. The van der Waals surface area contributed by atoms with E-state index in [1.165, 1.54) is 11.1 Å². The number of aliphatic hydroxyl groups is 1. The summed E-state index contributed by atoms with van der Waals surface area (Å²) in [6.45, 7) is 12.2. The molecule has 0 fully saturated rings. The van der Waals surface area contributed by atoms with E-state index >= 15 is 0 Å². The van der Waals surface area contributed by atoms with Crippen LogP contribution >= 0.6 is 15.9 Å². The number of benzene rings is 1. The number of nitrogens with zero attached hydrogens (tertiary/aromatic N) is 6. The highest BCUT2D eigenvalue weighted by molar-refractivity contribution is 9.10. The van der Waals surface area contributed by atoms with Crippen molar-refractivity contribution in [2.75, 3.05) is 24.3 Å². The normalized spacial score (nSPS) is 10.6. The Morgan fingerprint density at radius 1 is 1.16 bits per heavy atom. The van der Waals surface area contributed by atoms with Crippen molar-refractivity contribution < 1.29 is 5.11 Å². The predicted octanol–water partition coefficient (Wildman–Crippen LogP) is 4.47. The molecule has 174 valence electrons. The predicted molar refractivity (Wildman–Crippen MR) is 134 cm³/mol. The fraction of sp³-hybridized carbons (Fsp3) is 0.455. The molecule has 0 bridgehead atoms. The lowest BCUT2D eigenvalue weighted by Crippen LogP contribution is -2.22. The van der Waals surface area contributed by atoms with Crippen molar-refractivity contribution in [2.45, 2.75) is 54.2 Å². The first-order valence-corrected chi connectivity index (χ1v) is 11.4. The van der Waals surface area contributed by atoms with E-state index in [-0.39, 0.29) is 6.10 Å². The number of aromatic nitrogens is 6. The molecule has 0 spiro atoms. The Kier molecular flexibility index (Phi) is 8.97. The van der Waals surface area contributed by atoms with Gasteiger partial charge in [-0.05, 0) is 66.9 Å². The van der Waals surface area contributed by atoms with E-state index in [0.717, 1.165) is 21.3 Å². The Morgan fingerprint density at radius 2 is 1.78 bits per heavy atom. The lowest BCUT2D eigenvalue weighted by molar-refractivity contribution is 0.216. The third-order valence-electron chi connectivity index (χ3n) is 4.41. The van der Waals surface area contributed by atoms with Crippen LogP contribution in [0, 0.1) is 13.8 Å². The number of fused-ring (bicyclic) bond motifs is 2. The number of aliphatic hydroxyl groups excluding tert-OH is 1. The van der Waals surface area contributed by atoms with E-state index in [0.29, 0.717) is 24.1 Å². The van der Waals surface area contributed by atoms with Crippen molar-refractivity contribution in [1.82, 2.24) is 29.5 Å². The molecule has 0 amide bonds. The van der Waals surface area contributed by atoms with Crippen LogP contribution in [0.1, 0.15) is 44.6 Å². The smallest absolute Gasteiger partial charge is 0.232 e. The number of aromatic amines is 1. The second-order valence-electron chi connectivity index (χ2n) is 7.41. The molecule has 3 N–H and O–H groups in total. The van der Waals surface area contributed by atoms with Gasteiger partial charge in [0.1, 0.15) is 5.82 Å². The van der Waals surface area contributed by atoms with Gasteiger partial charge in [0.05, 0.1) is 28.2 Å². The highest BCUT2D eigenvalue weighted by Gasteiger charge is 2.16. The second-order valence-corrected chi connectivity index (χ2v) is 8.27. The van der Waals surface area contributed by atoms with Crippen LogP contribution in [0.15, 0.2) is 22.8 Å². The lowest BCUT2D eigenvalue weighted by Gasteiger charge is -2.18. The Labute approximate surface area is 197 Å². The van der Waals surface area contributed by atoms with Gasteiger partial charge >= 0.3 is 0 Å². The number of nitrogens with one attached hydrogen (secondary N) is 2. The molecule has 4 aromatic rings.